The van der Waals surface area contributed by atoms with Crippen molar-refractivity contribution >= 4 is 6.09 Å². The molecule has 2 aliphatic heterocycles. The summed E-state index contributed by atoms with van der Waals surface area (Å²) in [6.07, 6.45) is 2.18. The minimum atomic E-state index is -0.390. The highest BCUT2D eigenvalue weighted by Crippen LogP contribution is 2.39. The van der Waals surface area contributed by atoms with Crippen molar-refractivity contribution in [3.05, 3.63) is 0 Å². The van der Waals surface area contributed by atoms with Gasteiger partial charge in [-0.2, -0.15) is 0 Å². The van der Waals surface area contributed by atoms with E-state index >= 15 is 0 Å². The Morgan fingerprint density at radius 2 is 1.82 bits per heavy atom. The maximum absolute atomic E-state index is 12.0. The molecule has 2 saturated heterocycles. The predicted octanol–water partition coefficient (Wildman–Crippen LogP) is 1.95. The number of nitrogens with zero attached hydrogens (tertiary/aromatic N) is 2. The molecule has 0 aromatic carbocycles. The van der Waals surface area contributed by atoms with Crippen LogP contribution in [0.25, 0.3) is 0 Å². The van der Waals surface area contributed by atoms with E-state index in [1.807, 2.05) is 25.7 Å². The highest BCUT2D eigenvalue weighted by molar-refractivity contribution is 5.68. The monoisotopic (exact) mass is 240 g/mol. The minimum Gasteiger partial charge on any atom is -0.444 e. The second-order valence-electron chi connectivity index (χ2n) is 6.64. The summed E-state index contributed by atoms with van der Waals surface area (Å²) in [4.78, 5) is 16.2. The molecule has 0 radical (unpaired) electrons. The van der Waals surface area contributed by atoms with E-state index in [1.165, 1.54) is 6.42 Å². The standard InChI is InChI=1S/C13H24N2O2/c1-12(2,3)17-11(16)15-8-6-13(10-15)5-7-14(4)9-13/h5-10H2,1-4H3. The van der Waals surface area contributed by atoms with Crippen molar-refractivity contribution in [2.45, 2.75) is 39.2 Å². The van der Waals surface area contributed by atoms with Gasteiger partial charge in [-0.05, 0) is 47.2 Å². The highest BCUT2D eigenvalue weighted by atomic mass is 16.6. The molecular weight excluding hydrogens is 216 g/mol. The third kappa shape index (κ3) is 2.92. The van der Waals surface area contributed by atoms with Gasteiger partial charge in [0.15, 0.2) is 0 Å². The van der Waals surface area contributed by atoms with E-state index in [-0.39, 0.29) is 11.7 Å². The smallest absolute Gasteiger partial charge is 0.410 e. The van der Waals surface area contributed by atoms with E-state index in [4.69, 9.17) is 4.74 Å². The predicted molar refractivity (Wildman–Crippen MR) is 67.0 cm³/mol. The molecular formula is C13H24N2O2. The van der Waals surface area contributed by atoms with Crippen molar-refractivity contribution < 1.29 is 9.53 Å². The number of hydrogen-bond acceptors (Lipinski definition) is 3. The van der Waals surface area contributed by atoms with Gasteiger partial charge in [-0.3, -0.25) is 0 Å². The third-order valence-corrected chi connectivity index (χ3v) is 3.72. The van der Waals surface area contributed by atoms with Gasteiger partial charge in [0.05, 0.1) is 0 Å². The fourth-order valence-electron chi connectivity index (χ4n) is 2.91. The molecule has 0 aromatic rings. The van der Waals surface area contributed by atoms with Crippen molar-refractivity contribution in [3.8, 4) is 0 Å². The fraction of sp³-hybridized carbons (Fsp3) is 0.923. The van der Waals surface area contributed by atoms with Gasteiger partial charge in [0.25, 0.3) is 0 Å². The SMILES string of the molecule is CN1CCC2(CCN(C(=O)OC(C)(C)C)C2)C1. The van der Waals surface area contributed by atoms with E-state index < -0.39 is 0 Å². The molecule has 1 amide bonds. The van der Waals surface area contributed by atoms with Crippen molar-refractivity contribution in [2.24, 2.45) is 5.41 Å². The molecule has 0 aromatic heterocycles. The van der Waals surface area contributed by atoms with Crippen LogP contribution in [0.1, 0.15) is 33.6 Å². The van der Waals surface area contributed by atoms with E-state index in [0.29, 0.717) is 5.41 Å². The molecule has 17 heavy (non-hydrogen) atoms. The van der Waals surface area contributed by atoms with E-state index in [9.17, 15) is 4.79 Å². The van der Waals surface area contributed by atoms with Crippen molar-refractivity contribution in [3.63, 3.8) is 0 Å². The lowest BCUT2D eigenvalue weighted by atomic mass is 9.86. The molecule has 4 nitrogen and oxygen atoms in total. The molecule has 0 saturated carbocycles. The molecule has 2 rings (SSSR count). The lowest BCUT2D eigenvalue weighted by Crippen LogP contribution is -2.37. The van der Waals surface area contributed by atoms with Crippen LogP contribution in [-0.4, -0.2) is 54.7 Å². The first-order chi connectivity index (χ1) is 7.80. The molecule has 1 unspecified atom stereocenters. The maximum atomic E-state index is 12.0. The Bertz CT molecular complexity index is 311. The summed E-state index contributed by atoms with van der Waals surface area (Å²) in [7, 11) is 2.16. The van der Waals surface area contributed by atoms with E-state index in [0.717, 1.165) is 32.6 Å². The summed E-state index contributed by atoms with van der Waals surface area (Å²) in [5.41, 5.74) is -0.0506. The molecule has 1 atom stereocenters. The summed E-state index contributed by atoms with van der Waals surface area (Å²) in [6.45, 7) is 9.74. The number of amides is 1. The Balaban J connectivity index is 1.92. The van der Waals surface area contributed by atoms with Gasteiger partial charge >= 0.3 is 6.09 Å². The number of likely N-dealkylation sites (tertiary alicyclic amines) is 2. The molecule has 4 heteroatoms. The van der Waals surface area contributed by atoms with Gasteiger partial charge < -0.3 is 14.5 Å². The van der Waals surface area contributed by atoms with Gasteiger partial charge in [-0.1, -0.05) is 0 Å². The molecule has 2 heterocycles. The quantitative estimate of drug-likeness (QED) is 0.649. The molecule has 1 spiro atoms. The number of carbonyl (C=O) groups is 1. The molecule has 2 aliphatic rings. The Hall–Kier alpha value is -0.770. The van der Waals surface area contributed by atoms with E-state index in [2.05, 4.69) is 11.9 Å². The van der Waals surface area contributed by atoms with Crippen molar-refractivity contribution in [2.75, 3.05) is 33.2 Å². The summed E-state index contributed by atoms with van der Waals surface area (Å²) < 4.78 is 5.42. The Kier molecular flexibility index (Phi) is 3.10. The van der Waals surface area contributed by atoms with Crippen LogP contribution in [0.15, 0.2) is 0 Å². The maximum Gasteiger partial charge on any atom is 0.410 e. The fourth-order valence-corrected chi connectivity index (χ4v) is 2.91. The number of hydrogen-bond donors (Lipinski definition) is 0. The van der Waals surface area contributed by atoms with Crippen molar-refractivity contribution in [1.29, 1.82) is 0 Å². The van der Waals surface area contributed by atoms with Crippen LogP contribution in [0.2, 0.25) is 0 Å². The average molecular weight is 240 g/mol. The second kappa shape index (κ2) is 4.16. The highest BCUT2D eigenvalue weighted by Gasteiger charge is 2.44. The number of carbonyl (C=O) groups excluding carboxylic acids is 1. The van der Waals surface area contributed by atoms with Crippen molar-refractivity contribution in [1.82, 2.24) is 9.80 Å². The first-order valence-electron chi connectivity index (χ1n) is 6.46. The van der Waals surface area contributed by atoms with Crippen LogP contribution in [0.5, 0.6) is 0 Å². The molecule has 0 N–H and O–H groups in total. The average Bonchev–Trinajstić information content (AvgIpc) is 2.72. The van der Waals surface area contributed by atoms with Gasteiger partial charge in [-0.25, -0.2) is 4.79 Å². The van der Waals surface area contributed by atoms with Crippen LogP contribution < -0.4 is 0 Å². The zero-order valence-corrected chi connectivity index (χ0v) is 11.5. The number of ether oxygens (including phenoxy) is 1. The molecule has 98 valence electrons. The first kappa shape index (κ1) is 12.7. The van der Waals surface area contributed by atoms with Crippen LogP contribution in [-0.2, 0) is 4.74 Å². The Labute approximate surface area is 104 Å². The van der Waals surface area contributed by atoms with Gasteiger partial charge in [0, 0.05) is 25.0 Å². The largest absolute Gasteiger partial charge is 0.444 e. The minimum absolute atomic E-state index is 0.149. The zero-order valence-electron chi connectivity index (χ0n) is 11.5. The molecule has 0 bridgehead atoms. The van der Waals surface area contributed by atoms with Gasteiger partial charge in [-0.15, -0.1) is 0 Å². The Morgan fingerprint density at radius 3 is 2.35 bits per heavy atom. The van der Waals surface area contributed by atoms with Crippen LogP contribution in [0.4, 0.5) is 4.79 Å². The van der Waals surface area contributed by atoms with Gasteiger partial charge in [0.1, 0.15) is 5.60 Å². The lowest BCUT2D eigenvalue weighted by molar-refractivity contribution is 0.0274. The normalized spacial score (nSPS) is 30.2. The van der Waals surface area contributed by atoms with E-state index in [1.54, 1.807) is 0 Å². The van der Waals surface area contributed by atoms with Crippen LogP contribution in [0.3, 0.4) is 0 Å². The number of rotatable bonds is 0. The van der Waals surface area contributed by atoms with Crippen LogP contribution in [0, 0.1) is 5.41 Å². The third-order valence-electron chi connectivity index (χ3n) is 3.72. The molecule has 2 fully saturated rings. The Morgan fingerprint density at radius 1 is 1.18 bits per heavy atom. The second-order valence-corrected chi connectivity index (χ2v) is 6.64. The lowest BCUT2D eigenvalue weighted by Gasteiger charge is -2.26. The van der Waals surface area contributed by atoms with Crippen LogP contribution >= 0.6 is 0 Å². The summed E-state index contributed by atoms with van der Waals surface area (Å²) >= 11 is 0. The zero-order chi connectivity index (χ0) is 12.7. The summed E-state index contributed by atoms with van der Waals surface area (Å²) in [5.74, 6) is 0. The molecule has 0 aliphatic carbocycles. The first-order valence-corrected chi connectivity index (χ1v) is 6.46. The summed E-state index contributed by atoms with van der Waals surface area (Å²) in [5, 5.41) is 0. The van der Waals surface area contributed by atoms with Gasteiger partial charge in [0.2, 0.25) is 0 Å². The topological polar surface area (TPSA) is 32.8 Å². The summed E-state index contributed by atoms with van der Waals surface area (Å²) in [6, 6.07) is 0.